The highest BCUT2D eigenvalue weighted by Crippen LogP contribution is 2.53. The van der Waals surface area contributed by atoms with E-state index in [9.17, 15) is 14.2 Å². The quantitative estimate of drug-likeness (QED) is 0.298. The van der Waals surface area contributed by atoms with E-state index in [1.54, 1.807) is 24.4 Å². The summed E-state index contributed by atoms with van der Waals surface area (Å²) in [5, 5.41) is 0. The summed E-state index contributed by atoms with van der Waals surface area (Å²) in [4.78, 5) is 27.6. The standard InChI is InChI=1S/C28H28NO6P/c1-17-20-12-7-6-9-18(20)15-29-16-22-25(26(17)29)27(30)21-13-8-14-23(24(21)28(22)31)35-36(32,33-2)34-19-10-4-3-5-11-19/h6-9,12-14,16-17,19H,3-5,10-11,15H2,1-2H3. The van der Waals surface area contributed by atoms with Crippen molar-refractivity contribution < 1.29 is 27.7 Å². The van der Waals surface area contributed by atoms with Crippen molar-refractivity contribution >= 4 is 19.4 Å². The Hall–Kier alpha value is -2.99. The molecule has 0 bridgehead atoms. The molecule has 2 unspecified atom stereocenters. The molecule has 2 heterocycles. The normalized spacial score (nSPS) is 20.7. The smallest absolute Gasteiger partial charge is 0.403 e. The van der Waals surface area contributed by atoms with Gasteiger partial charge in [0.15, 0.2) is 11.6 Å². The van der Waals surface area contributed by atoms with Gasteiger partial charge in [-0.1, -0.05) is 62.6 Å². The van der Waals surface area contributed by atoms with Crippen molar-refractivity contribution in [3.05, 3.63) is 87.7 Å². The van der Waals surface area contributed by atoms with Gasteiger partial charge in [0, 0.05) is 37.0 Å². The van der Waals surface area contributed by atoms with Crippen LogP contribution >= 0.6 is 7.82 Å². The molecular weight excluding hydrogens is 477 g/mol. The van der Waals surface area contributed by atoms with Gasteiger partial charge in [-0.25, -0.2) is 4.57 Å². The molecule has 3 aliphatic rings. The second-order valence-corrected chi connectivity index (χ2v) is 11.4. The van der Waals surface area contributed by atoms with Crippen molar-refractivity contribution in [3.8, 4) is 5.75 Å². The molecule has 2 aromatic carbocycles. The molecule has 3 aromatic rings. The number of phosphoric ester groups is 1. The maximum atomic E-state index is 13.8. The zero-order chi connectivity index (χ0) is 25.0. The number of carbonyl (C=O) groups excluding carboxylic acids is 2. The first-order valence-electron chi connectivity index (χ1n) is 12.5. The van der Waals surface area contributed by atoms with Crippen LogP contribution < -0.4 is 4.52 Å². The summed E-state index contributed by atoms with van der Waals surface area (Å²) in [6, 6.07) is 12.9. The fourth-order valence-electron chi connectivity index (χ4n) is 5.89. The van der Waals surface area contributed by atoms with Gasteiger partial charge in [-0.05, 0) is 30.0 Å². The SMILES string of the molecule is COP(=O)(Oc1cccc2c1C(=O)c1cn3c(c1C2=O)C(C)c1ccccc1C3)OC1CCCCC1. The van der Waals surface area contributed by atoms with Crippen molar-refractivity contribution in [3.63, 3.8) is 0 Å². The molecule has 0 radical (unpaired) electrons. The molecule has 7 nitrogen and oxygen atoms in total. The van der Waals surface area contributed by atoms with E-state index in [1.807, 2.05) is 16.7 Å². The first kappa shape index (κ1) is 23.4. The number of nitrogens with zero attached hydrogens (tertiary/aromatic N) is 1. The summed E-state index contributed by atoms with van der Waals surface area (Å²) in [5.41, 5.74) is 4.32. The number of hydrogen-bond donors (Lipinski definition) is 0. The topological polar surface area (TPSA) is 83.8 Å². The Kier molecular flexibility index (Phi) is 5.75. The lowest BCUT2D eigenvalue weighted by Gasteiger charge is -2.28. The van der Waals surface area contributed by atoms with Crippen molar-refractivity contribution in [1.29, 1.82) is 0 Å². The van der Waals surface area contributed by atoms with E-state index in [1.165, 1.54) is 12.7 Å². The van der Waals surface area contributed by atoms with E-state index in [0.717, 1.165) is 43.4 Å². The van der Waals surface area contributed by atoms with E-state index >= 15 is 0 Å². The van der Waals surface area contributed by atoms with E-state index in [2.05, 4.69) is 19.1 Å². The summed E-state index contributed by atoms with van der Waals surface area (Å²) in [6.07, 6.45) is 6.20. The van der Waals surface area contributed by atoms with Gasteiger partial charge in [-0.3, -0.25) is 18.6 Å². The van der Waals surface area contributed by atoms with Crippen molar-refractivity contribution in [2.45, 2.75) is 57.6 Å². The van der Waals surface area contributed by atoms with Crippen LogP contribution in [0.3, 0.4) is 0 Å². The third kappa shape index (κ3) is 3.69. The number of hydrogen-bond acceptors (Lipinski definition) is 6. The second kappa shape index (κ2) is 8.84. The number of rotatable bonds is 5. The Morgan fingerprint density at radius 3 is 2.44 bits per heavy atom. The van der Waals surface area contributed by atoms with Gasteiger partial charge in [0.1, 0.15) is 5.75 Å². The highest BCUT2D eigenvalue weighted by molar-refractivity contribution is 7.48. The van der Waals surface area contributed by atoms with Crippen LogP contribution in [-0.2, 0) is 20.2 Å². The highest BCUT2D eigenvalue weighted by atomic mass is 31.2. The van der Waals surface area contributed by atoms with E-state index < -0.39 is 7.82 Å². The van der Waals surface area contributed by atoms with Gasteiger partial charge in [-0.2, -0.15) is 0 Å². The Balaban J connectivity index is 1.39. The molecule has 0 amide bonds. The van der Waals surface area contributed by atoms with Crippen LogP contribution in [0.2, 0.25) is 0 Å². The Morgan fingerprint density at radius 1 is 0.917 bits per heavy atom. The molecule has 186 valence electrons. The molecule has 1 saturated carbocycles. The molecule has 2 atom stereocenters. The molecule has 2 aliphatic carbocycles. The van der Waals surface area contributed by atoms with Gasteiger partial charge in [-0.15, -0.1) is 0 Å². The summed E-state index contributed by atoms with van der Waals surface area (Å²) in [5.74, 6) is -0.550. The van der Waals surface area contributed by atoms with Crippen LogP contribution in [-0.4, -0.2) is 29.3 Å². The molecule has 1 aromatic heterocycles. The molecular formula is C28H28NO6P. The van der Waals surface area contributed by atoms with Gasteiger partial charge in [0.2, 0.25) is 0 Å². The highest BCUT2D eigenvalue weighted by Gasteiger charge is 2.41. The van der Waals surface area contributed by atoms with Crippen molar-refractivity contribution in [2.75, 3.05) is 7.11 Å². The summed E-state index contributed by atoms with van der Waals surface area (Å²) >= 11 is 0. The largest absolute Gasteiger partial charge is 0.530 e. The van der Waals surface area contributed by atoms with Crippen LogP contribution in [0.1, 0.15) is 93.6 Å². The zero-order valence-corrected chi connectivity index (χ0v) is 21.3. The minimum absolute atomic E-state index is 0.0333. The molecule has 36 heavy (non-hydrogen) atoms. The van der Waals surface area contributed by atoms with E-state index in [0.29, 0.717) is 17.7 Å². The van der Waals surface area contributed by atoms with Gasteiger partial charge < -0.3 is 9.09 Å². The first-order valence-corrected chi connectivity index (χ1v) is 13.9. The predicted octanol–water partition coefficient (Wildman–Crippen LogP) is 6.26. The lowest BCUT2D eigenvalue weighted by atomic mass is 9.81. The zero-order valence-electron chi connectivity index (χ0n) is 20.4. The predicted molar refractivity (Wildman–Crippen MR) is 134 cm³/mol. The van der Waals surface area contributed by atoms with E-state index in [4.69, 9.17) is 13.6 Å². The summed E-state index contributed by atoms with van der Waals surface area (Å²) in [7, 11) is -2.72. The monoisotopic (exact) mass is 505 g/mol. The molecule has 6 rings (SSSR count). The Labute approximate surface area is 210 Å². The Bertz CT molecular complexity index is 1430. The minimum Gasteiger partial charge on any atom is -0.403 e. The molecule has 0 N–H and O–H groups in total. The third-order valence-corrected chi connectivity index (χ3v) is 9.05. The number of carbonyl (C=O) groups is 2. The average molecular weight is 506 g/mol. The average Bonchev–Trinajstić information content (AvgIpc) is 3.28. The summed E-state index contributed by atoms with van der Waals surface area (Å²) in [6.45, 7) is 2.66. The van der Waals surface area contributed by atoms with Gasteiger partial charge >= 0.3 is 7.82 Å². The summed E-state index contributed by atoms with van der Waals surface area (Å²) < 4.78 is 32.2. The molecule has 1 aliphatic heterocycles. The van der Waals surface area contributed by atoms with Crippen LogP contribution in [0.25, 0.3) is 0 Å². The fourth-order valence-corrected chi connectivity index (χ4v) is 7.06. The lowest BCUT2D eigenvalue weighted by molar-refractivity contribution is 0.0946. The van der Waals surface area contributed by atoms with Gasteiger partial charge in [0.05, 0.1) is 22.8 Å². The van der Waals surface area contributed by atoms with Crippen LogP contribution in [0.4, 0.5) is 0 Å². The van der Waals surface area contributed by atoms with Gasteiger partial charge in [0.25, 0.3) is 0 Å². The number of ketones is 2. The number of aromatic nitrogens is 1. The number of benzene rings is 2. The maximum Gasteiger partial charge on any atom is 0.530 e. The second-order valence-electron chi connectivity index (χ2n) is 9.77. The molecule has 8 heteroatoms. The van der Waals surface area contributed by atoms with Crippen LogP contribution in [0, 0.1) is 0 Å². The van der Waals surface area contributed by atoms with Crippen LogP contribution in [0.15, 0.2) is 48.7 Å². The third-order valence-electron chi connectivity index (χ3n) is 7.63. The molecule has 0 saturated heterocycles. The fraction of sp³-hybridized carbons (Fsp3) is 0.357. The van der Waals surface area contributed by atoms with Crippen molar-refractivity contribution in [2.24, 2.45) is 0 Å². The number of fused-ring (bicyclic) bond motifs is 5. The van der Waals surface area contributed by atoms with E-state index in [-0.39, 0.29) is 40.5 Å². The molecule has 0 spiro atoms. The molecule has 1 fully saturated rings. The first-order chi connectivity index (χ1) is 17.4. The lowest BCUT2D eigenvalue weighted by Crippen LogP contribution is -2.24. The minimum atomic E-state index is -3.99. The maximum absolute atomic E-state index is 13.8. The van der Waals surface area contributed by atoms with Crippen molar-refractivity contribution in [1.82, 2.24) is 4.57 Å². The Morgan fingerprint density at radius 2 is 1.67 bits per heavy atom. The van der Waals surface area contributed by atoms with Crippen LogP contribution in [0.5, 0.6) is 5.75 Å². The number of phosphoric acid groups is 1.